The minimum absolute atomic E-state index is 0.154. The SMILES string of the molecule is CN(C)c1ccc(NC(=O)C[C@@H]2CCCCN2S(=O)(=O)c2ccccc2)cc1. The van der Waals surface area contributed by atoms with Gasteiger partial charge in [0, 0.05) is 44.5 Å². The molecule has 1 fully saturated rings. The maximum Gasteiger partial charge on any atom is 0.243 e. The van der Waals surface area contributed by atoms with Gasteiger partial charge >= 0.3 is 0 Å². The van der Waals surface area contributed by atoms with Crippen LogP contribution in [-0.4, -0.2) is 45.3 Å². The van der Waals surface area contributed by atoms with Crippen molar-refractivity contribution >= 4 is 27.3 Å². The van der Waals surface area contributed by atoms with Gasteiger partial charge in [-0.25, -0.2) is 8.42 Å². The summed E-state index contributed by atoms with van der Waals surface area (Å²) < 4.78 is 27.6. The first-order valence-electron chi connectivity index (χ1n) is 9.52. The molecule has 7 heteroatoms. The molecule has 2 aromatic carbocycles. The maximum atomic E-state index is 13.0. The number of rotatable bonds is 6. The van der Waals surface area contributed by atoms with Gasteiger partial charge in [0.2, 0.25) is 15.9 Å². The number of hydrogen-bond acceptors (Lipinski definition) is 4. The summed E-state index contributed by atoms with van der Waals surface area (Å²) in [5, 5.41) is 2.89. The number of benzene rings is 2. The largest absolute Gasteiger partial charge is 0.378 e. The highest BCUT2D eigenvalue weighted by Gasteiger charge is 2.34. The first-order valence-corrected chi connectivity index (χ1v) is 11.0. The Morgan fingerprint density at radius 2 is 1.75 bits per heavy atom. The quantitative estimate of drug-likeness (QED) is 0.806. The Bertz CT molecular complexity index is 896. The summed E-state index contributed by atoms with van der Waals surface area (Å²) in [5.41, 5.74) is 1.76. The summed E-state index contributed by atoms with van der Waals surface area (Å²) in [6, 6.07) is 15.7. The summed E-state index contributed by atoms with van der Waals surface area (Å²) in [5.74, 6) is -0.169. The smallest absolute Gasteiger partial charge is 0.243 e. The van der Waals surface area contributed by atoms with Gasteiger partial charge in [0.1, 0.15) is 0 Å². The molecule has 0 saturated carbocycles. The number of piperidine rings is 1. The molecule has 1 saturated heterocycles. The van der Waals surface area contributed by atoms with Crippen LogP contribution in [0.15, 0.2) is 59.5 Å². The van der Waals surface area contributed by atoms with Crippen LogP contribution in [0.2, 0.25) is 0 Å². The van der Waals surface area contributed by atoms with Crippen LogP contribution in [0.4, 0.5) is 11.4 Å². The van der Waals surface area contributed by atoms with E-state index in [9.17, 15) is 13.2 Å². The van der Waals surface area contributed by atoms with Gasteiger partial charge < -0.3 is 10.2 Å². The molecule has 0 radical (unpaired) electrons. The number of amides is 1. The molecule has 28 heavy (non-hydrogen) atoms. The van der Waals surface area contributed by atoms with Gasteiger partial charge in [-0.05, 0) is 49.2 Å². The van der Waals surface area contributed by atoms with Crippen molar-refractivity contribution in [2.24, 2.45) is 0 Å². The number of anilines is 2. The lowest BCUT2D eigenvalue weighted by Gasteiger charge is -2.34. The van der Waals surface area contributed by atoms with Crippen LogP contribution in [0.1, 0.15) is 25.7 Å². The van der Waals surface area contributed by atoms with Crippen molar-refractivity contribution in [3.05, 3.63) is 54.6 Å². The molecule has 0 unspecified atom stereocenters. The van der Waals surface area contributed by atoms with Crippen molar-refractivity contribution in [3.63, 3.8) is 0 Å². The Labute approximate surface area is 167 Å². The third-order valence-corrected chi connectivity index (χ3v) is 6.98. The lowest BCUT2D eigenvalue weighted by atomic mass is 10.0. The van der Waals surface area contributed by atoms with E-state index in [1.54, 1.807) is 30.3 Å². The van der Waals surface area contributed by atoms with Crippen molar-refractivity contribution < 1.29 is 13.2 Å². The van der Waals surface area contributed by atoms with Gasteiger partial charge in [-0.2, -0.15) is 4.31 Å². The van der Waals surface area contributed by atoms with Gasteiger partial charge in [0.05, 0.1) is 4.90 Å². The second-order valence-corrected chi connectivity index (χ2v) is 9.16. The van der Waals surface area contributed by atoms with Crippen LogP contribution in [-0.2, 0) is 14.8 Å². The number of carbonyl (C=O) groups is 1. The van der Waals surface area contributed by atoms with Crippen LogP contribution < -0.4 is 10.2 Å². The molecule has 0 spiro atoms. The Kier molecular flexibility index (Phi) is 6.36. The molecule has 1 N–H and O–H groups in total. The van der Waals surface area contributed by atoms with Crippen molar-refractivity contribution in [2.45, 2.75) is 36.6 Å². The van der Waals surface area contributed by atoms with E-state index < -0.39 is 10.0 Å². The first-order chi connectivity index (χ1) is 13.4. The topological polar surface area (TPSA) is 69.7 Å². The van der Waals surface area contributed by atoms with Crippen LogP contribution in [0, 0.1) is 0 Å². The molecule has 1 aliphatic heterocycles. The monoisotopic (exact) mass is 401 g/mol. The molecular formula is C21H27N3O3S. The van der Waals surface area contributed by atoms with Gasteiger partial charge in [-0.3, -0.25) is 4.79 Å². The Morgan fingerprint density at radius 1 is 1.07 bits per heavy atom. The highest BCUT2D eigenvalue weighted by molar-refractivity contribution is 7.89. The second kappa shape index (κ2) is 8.75. The lowest BCUT2D eigenvalue weighted by molar-refractivity contribution is -0.117. The van der Waals surface area contributed by atoms with E-state index in [1.807, 2.05) is 43.3 Å². The zero-order chi connectivity index (χ0) is 20.1. The summed E-state index contributed by atoms with van der Waals surface area (Å²) >= 11 is 0. The zero-order valence-electron chi connectivity index (χ0n) is 16.3. The highest BCUT2D eigenvalue weighted by Crippen LogP contribution is 2.27. The third kappa shape index (κ3) is 4.72. The predicted octanol–water partition coefficient (Wildman–Crippen LogP) is 3.32. The fourth-order valence-electron chi connectivity index (χ4n) is 3.49. The van der Waals surface area contributed by atoms with E-state index in [-0.39, 0.29) is 23.3 Å². The minimum atomic E-state index is -3.60. The average molecular weight is 402 g/mol. The molecule has 0 bridgehead atoms. The van der Waals surface area contributed by atoms with Gasteiger partial charge in [-0.15, -0.1) is 0 Å². The first kappa shape index (κ1) is 20.4. The molecule has 150 valence electrons. The molecule has 0 aliphatic carbocycles. The molecule has 1 aliphatic rings. The molecule has 1 amide bonds. The van der Waals surface area contributed by atoms with Crippen molar-refractivity contribution in [3.8, 4) is 0 Å². The highest BCUT2D eigenvalue weighted by atomic mass is 32.2. The van der Waals surface area contributed by atoms with E-state index in [0.717, 1.165) is 18.5 Å². The number of carbonyl (C=O) groups excluding carboxylic acids is 1. The number of nitrogens with zero attached hydrogens (tertiary/aromatic N) is 2. The average Bonchev–Trinajstić information content (AvgIpc) is 2.69. The van der Waals surface area contributed by atoms with E-state index >= 15 is 0 Å². The van der Waals surface area contributed by atoms with E-state index in [2.05, 4.69) is 5.32 Å². The number of sulfonamides is 1. The Morgan fingerprint density at radius 3 is 2.39 bits per heavy atom. The molecular weight excluding hydrogens is 374 g/mol. The predicted molar refractivity (Wildman–Crippen MR) is 112 cm³/mol. The zero-order valence-corrected chi connectivity index (χ0v) is 17.2. The summed E-state index contributed by atoms with van der Waals surface area (Å²) in [4.78, 5) is 14.8. The molecule has 3 rings (SSSR count). The maximum absolute atomic E-state index is 13.0. The Hall–Kier alpha value is -2.38. The second-order valence-electron chi connectivity index (χ2n) is 7.27. The normalized spacial score (nSPS) is 17.9. The van der Waals surface area contributed by atoms with Gasteiger partial charge in [-0.1, -0.05) is 24.6 Å². The van der Waals surface area contributed by atoms with Crippen LogP contribution in [0.3, 0.4) is 0 Å². The van der Waals surface area contributed by atoms with Crippen molar-refractivity contribution in [1.29, 1.82) is 0 Å². The minimum Gasteiger partial charge on any atom is -0.378 e. The molecule has 6 nitrogen and oxygen atoms in total. The van der Waals surface area contributed by atoms with Crippen molar-refractivity contribution in [2.75, 3.05) is 30.9 Å². The van der Waals surface area contributed by atoms with Gasteiger partial charge in [0.15, 0.2) is 0 Å². The van der Waals surface area contributed by atoms with Crippen LogP contribution in [0.5, 0.6) is 0 Å². The van der Waals surface area contributed by atoms with Crippen LogP contribution >= 0.6 is 0 Å². The summed E-state index contributed by atoms with van der Waals surface area (Å²) in [6.45, 7) is 0.451. The van der Waals surface area contributed by atoms with E-state index in [1.165, 1.54) is 4.31 Å². The number of nitrogens with one attached hydrogen (secondary N) is 1. The molecule has 0 aromatic heterocycles. The third-order valence-electron chi connectivity index (χ3n) is 5.01. The van der Waals surface area contributed by atoms with Crippen LogP contribution in [0.25, 0.3) is 0 Å². The molecule has 2 aromatic rings. The standard InChI is InChI=1S/C21H27N3O3S/c1-23(2)18-13-11-17(12-14-18)22-21(25)16-19-8-6-7-15-24(19)28(26,27)20-9-4-3-5-10-20/h3-5,9-14,19H,6-8,15-16H2,1-2H3,(H,22,25)/t19-/m0/s1. The van der Waals surface area contributed by atoms with E-state index in [4.69, 9.17) is 0 Å². The molecule has 1 heterocycles. The lowest BCUT2D eigenvalue weighted by Crippen LogP contribution is -2.45. The fourth-order valence-corrected chi connectivity index (χ4v) is 5.21. The van der Waals surface area contributed by atoms with E-state index in [0.29, 0.717) is 18.7 Å². The fraction of sp³-hybridized carbons (Fsp3) is 0.381. The molecule has 1 atom stereocenters. The van der Waals surface area contributed by atoms with Crippen molar-refractivity contribution in [1.82, 2.24) is 4.31 Å². The summed E-state index contributed by atoms with van der Waals surface area (Å²) in [6.07, 6.45) is 2.59. The Balaban J connectivity index is 1.69. The number of hydrogen-bond donors (Lipinski definition) is 1. The van der Waals surface area contributed by atoms with Gasteiger partial charge in [0.25, 0.3) is 0 Å². The summed E-state index contributed by atoms with van der Waals surface area (Å²) in [7, 11) is 0.317.